The first-order chi connectivity index (χ1) is 13.3. The van der Waals surface area contributed by atoms with Crippen LogP contribution < -0.4 is 0 Å². The lowest BCUT2D eigenvalue weighted by atomic mass is 9.87. The van der Waals surface area contributed by atoms with Crippen molar-refractivity contribution in [3.05, 3.63) is 94.6 Å². The summed E-state index contributed by atoms with van der Waals surface area (Å²) in [6, 6.07) is 33.2. The Hall–Kier alpha value is -2.65. The lowest BCUT2D eigenvalue weighted by Gasteiger charge is -2.17. The van der Waals surface area contributed by atoms with Crippen molar-refractivity contribution in [3.8, 4) is 0 Å². The summed E-state index contributed by atoms with van der Waals surface area (Å²) in [5, 5.41) is 13.5. The van der Waals surface area contributed by atoms with Crippen LogP contribution in [0.15, 0.2) is 91.0 Å². The molecule has 0 aliphatic carbocycles. The van der Waals surface area contributed by atoms with E-state index in [0.717, 1.165) is 0 Å². The molecular formula is C26H15I. The van der Waals surface area contributed by atoms with Crippen molar-refractivity contribution in [2.45, 2.75) is 0 Å². The number of halogens is 1. The van der Waals surface area contributed by atoms with E-state index < -0.39 is 0 Å². The summed E-state index contributed by atoms with van der Waals surface area (Å²) < 4.78 is 1.31. The van der Waals surface area contributed by atoms with Gasteiger partial charge in [0, 0.05) is 8.96 Å². The Morgan fingerprint density at radius 3 is 1.26 bits per heavy atom. The molecule has 0 aliphatic heterocycles. The fraction of sp³-hybridized carbons (Fsp3) is 0. The van der Waals surface area contributed by atoms with Crippen LogP contribution in [0.3, 0.4) is 0 Å². The predicted molar refractivity (Wildman–Crippen MR) is 127 cm³/mol. The Morgan fingerprint density at radius 2 is 0.704 bits per heavy atom. The molecule has 0 N–H and O–H groups in total. The number of benzene rings is 6. The zero-order valence-electron chi connectivity index (χ0n) is 14.5. The Morgan fingerprint density at radius 1 is 0.333 bits per heavy atom. The van der Waals surface area contributed by atoms with Gasteiger partial charge >= 0.3 is 0 Å². The van der Waals surface area contributed by atoms with Crippen LogP contribution in [0.5, 0.6) is 0 Å². The van der Waals surface area contributed by atoms with Crippen molar-refractivity contribution in [2.75, 3.05) is 0 Å². The molecule has 0 aliphatic rings. The third-order valence-electron chi connectivity index (χ3n) is 5.68. The highest BCUT2D eigenvalue weighted by Gasteiger charge is 2.16. The third kappa shape index (κ3) is 2.03. The van der Waals surface area contributed by atoms with E-state index in [2.05, 4.69) is 114 Å². The average molecular weight is 454 g/mol. The molecule has 0 unspecified atom stereocenters. The van der Waals surface area contributed by atoms with Crippen LogP contribution in [0.2, 0.25) is 0 Å². The molecule has 0 radical (unpaired) electrons. The highest BCUT2D eigenvalue weighted by Crippen LogP contribution is 2.44. The number of fused-ring (bicyclic) bond motifs is 11. The molecular weight excluding hydrogens is 439 g/mol. The molecule has 1 heteroatoms. The molecule has 6 aromatic carbocycles. The smallest absolute Gasteiger partial charge is 0.0215 e. The monoisotopic (exact) mass is 454 g/mol. The molecule has 126 valence electrons. The van der Waals surface area contributed by atoms with Crippen LogP contribution in [0.25, 0.3) is 53.9 Å². The standard InChI is InChI=1S/C26H15I/c27-23-15-7-14-21-18-10-3-5-12-20(18)24-19-11-4-1-8-16(19)17-9-2-6-13-22(17)26(24)25(21)23/h1-15H. The van der Waals surface area contributed by atoms with Crippen LogP contribution in [0.4, 0.5) is 0 Å². The molecule has 0 saturated carbocycles. The van der Waals surface area contributed by atoms with E-state index in [1.54, 1.807) is 0 Å². The maximum Gasteiger partial charge on any atom is 0.0215 e. The normalized spacial score (nSPS) is 11.9. The van der Waals surface area contributed by atoms with Gasteiger partial charge in [0.15, 0.2) is 0 Å². The lowest BCUT2D eigenvalue weighted by molar-refractivity contribution is 1.75. The molecule has 0 aromatic heterocycles. The highest BCUT2D eigenvalue weighted by atomic mass is 127. The molecule has 0 amide bonds. The van der Waals surface area contributed by atoms with Crippen molar-refractivity contribution < 1.29 is 0 Å². The van der Waals surface area contributed by atoms with Gasteiger partial charge in [-0.1, -0.05) is 84.9 Å². The maximum atomic E-state index is 2.50. The summed E-state index contributed by atoms with van der Waals surface area (Å²) >= 11 is 2.50. The Labute approximate surface area is 170 Å². The van der Waals surface area contributed by atoms with Crippen LogP contribution in [-0.4, -0.2) is 0 Å². The third-order valence-corrected chi connectivity index (χ3v) is 6.58. The summed E-state index contributed by atoms with van der Waals surface area (Å²) in [4.78, 5) is 0. The molecule has 27 heavy (non-hydrogen) atoms. The van der Waals surface area contributed by atoms with Crippen molar-refractivity contribution in [1.82, 2.24) is 0 Å². The molecule has 0 atom stereocenters. The van der Waals surface area contributed by atoms with Crippen molar-refractivity contribution in [1.29, 1.82) is 0 Å². The van der Waals surface area contributed by atoms with E-state index in [-0.39, 0.29) is 0 Å². The SMILES string of the molecule is Ic1cccc2c3ccccc3c3c4ccccc4c4ccccc4c3c12. The lowest BCUT2D eigenvalue weighted by Crippen LogP contribution is -1.89. The summed E-state index contributed by atoms with van der Waals surface area (Å²) in [7, 11) is 0. The number of rotatable bonds is 0. The Kier molecular flexibility index (Phi) is 3.24. The van der Waals surface area contributed by atoms with Crippen LogP contribution >= 0.6 is 22.6 Å². The van der Waals surface area contributed by atoms with E-state index >= 15 is 0 Å². The second-order valence-corrected chi connectivity index (χ2v) is 8.21. The van der Waals surface area contributed by atoms with Gasteiger partial charge in [0.05, 0.1) is 0 Å². The molecule has 6 aromatic rings. The first-order valence-corrected chi connectivity index (χ1v) is 10.2. The van der Waals surface area contributed by atoms with Gasteiger partial charge in [0.1, 0.15) is 0 Å². The second-order valence-electron chi connectivity index (χ2n) is 7.05. The van der Waals surface area contributed by atoms with Crippen LogP contribution in [0, 0.1) is 3.57 Å². The molecule has 0 nitrogen and oxygen atoms in total. The van der Waals surface area contributed by atoms with E-state index in [0.29, 0.717) is 0 Å². The zero-order chi connectivity index (χ0) is 18.0. The van der Waals surface area contributed by atoms with Gasteiger partial charge in [-0.15, -0.1) is 0 Å². The van der Waals surface area contributed by atoms with E-state index in [1.807, 2.05) is 0 Å². The molecule has 0 saturated heterocycles. The molecule has 0 bridgehead atoms. The topological polar surface area (TPSA) is 0 Å². The van der Waals surface area contributed by atoms with Gasteiger partial charge in [-0.3, -0.25) is 0 Å². The summed E-state index contributed by atoms with van der Waals surface area (Å²) in [6.07, 6.45) is 0. The molecule has 0 fully saturated rings. The van der Waals surface area contributed by atoms with Gasteiger partial charge in [-0.2, -0.15) is 0 Å². The first-order valence-electron chi connectivity index (χ1n) is 9.17. The van der Waals surface area contributed by atoms with E-state index in [9.17, 15) is 0 Å². The summed E-state index contributed by atoms with van der Waals surface area (Å²) in [6.45, 7) is 0. The second kappa shape index (κ2) is 5.67. The largest absolute Gasteiger partial charge is 0.0616 e. The minimum Gasteiger partial charge on any atom is -0.0616 e. The summed E-state index contributed by atoms with van der Waals surface area (Å²) in [5.74, 6) is 0. The quantitative estimate of drug-likeness (QED) is 0.161. The van der Waals surface area contributed by atoms with E-state index in [4.69, 9.17) is 0 Å². The van der Waals surface area contributed by atoms with Gasteiger partial charge < -0.3 is 0 Å². The molecule has 0 heterocycles. The number of hydrogen-bond acceptors (Lipinski definition) is 0. The van der Waals surface area contributed by atoms with Gasteiger partial charge in [-0.25, -0.2) is 0 Å². The van der Waals surface area contributed by atoms with Gasteiger partial charge in [0.2, 0.25) is 0 Å². The summed E-state index contributed by atoms with van der Waals surface area (Å²) in [5.41, 5.74) is 0. The highest BCUT2D eigenvalue weighted by molar-refractivity contribution is 14.1. The van der Waals surface area contributed by atoms with Gasteiger partial charge in [-0.05, 0) is 77.1 Å². The van der Waals surface area contributed by atoms with Crippen molar-refractivity contribution in [3.63, 3.8) is 0 Å². The fourth-order valence-electron chi connectivity index (χ4n) is 4.62. The predicted octanol–water partition coefficient (Wildman–Crippen LogP) is 8.06. The minimum absolute atomic E-state index is 1.31. The van der Waals surface area contributed by atoms with Crippen molar-refractivity contribution >= 4 is 76.5 Å². The first kappa shape index (κ1) is 15.4. The Bertz CT molecular complexity index is 1510. The van der Waals surface area contributed by atoms with Gasteiger partial charge in [0.25, 0.3) is 0 Å². The van der Waals surface area contributed by atoms with Crippen molar-refractivity contribution in [2.24, 2.45) is 0 Å². The minimum atomic E-state index is 1.31. The fourth-order valence-corrected chi connectivity index (χ4v) is 5.39. The maximum absolute atomic E-state index is 2.50. The average Bonchev–Trinajstić information content (AvgIpc) is 2.73. The molecule has 0 spiro atoms. The van der Waals surface area contributed by atoms with Crippen LogP contribution in [0.1, 0.15) is 0 Å². The van der Waals surface area contributed by atoms with E-state index in [1.165, 1.54) is 57.4 Å². The number of hydrogen-bond donors (Lipinski definition) is 0. The molecule has 6 rings (SSSR count). The Balaban J connectivity index is 2.15. The zero-order valence-corrected chi connectivity index (χ0v) is 16.7. The van der Waals surface area contributed by atoms with Crippen LogP contribution in [-0.2, 0) is 0 Å².